The molecule has 0 saturated heterocycles. The molecule has 0 radical (unpaired) electrons. The number of benzene rings is 4. The Hall–Kier alpha value is -4.90. The van der Waals surface area contributed by atoms with E-state index >= 15 is 4.39 Å². The molecule has 0 heterocycles. The fraction of sp³-hybridized carbons (Fsp3) is 0.316. The Labute approximate surface area is 287 Å². The van der Waals surface area contributed by atoms with Crippen molar-refractivity contribution in [3.05, 3.63) is 120 Å². The Kier molecular flexibility index (Phi) is 11.6. The monoisotopic (exact) mass is 687 g/mol. The molecule has 258 valence electrons. The predicted octanol–water partition coefficient (Wildman–Crippen LogP) is 6.05. The van der Waals surface area contributed by atoms with Gasteiger partial charge in [0.05, 0.1) is 24.8 Å². The fourth-order valence-corrected chi connectivity index (χ4v) is 7.49. The van der Waals surface area contributed by atoms with E-state index in [0.717, 1.165) is 41.1 Å². The fourth-order valence-electron chi connectivity index (χ4n) is 6.07. The lowest BCUT2D eigenvalue weighted by Gasteiger charge is -2.34. The number of aryl methyl sites for hydroxylation is 1. The first-order chi connectivity index (χ1) is 23.6. The molecule has 0 spiro atoms. The molecule has 1 saturated carbocycles. The highest BCUT2D eigenvalue weighted by atomic mass is 32.2. The maximum Gasteiger partial charge on any atom is 0.264 e. The number of hydrogen-bond acceptors (Lipinski definition) is 6. The first-order valence-corrected chi connectivity index (χ1v) is 17.7. The number of carbonyl (C=O) groups excluding carboxylic acids is 2. The van der Waals surface area contributed by atoms with Crippen LogP contribution >= 0.6 is 0 Å². The summed E-state index contributed by atoms with van der Waals surface area (Å²) >= 11 is 0. The van der Waals surface area contributed by atoms with Gasteiger partial charge in [-0.3, -0.25) is 13.9 Å². The Bertz CT molecular complexity index is 1850. The molecule has 4 aromatic rings. The molecule has 0 aliphatic heterocycles. The minimum atomic E-state index is -4.39. The first kappa shape index (κ1) is 35.4. The van der Waals surface area contributed by atoms with Crippen molar-refractivity contribution in [1.29, 1.82) is 0 Å². The SMILES string of the molecule is COc1ccc(OC)c(N(CC(=O)N(Cc2ccccc2F)C(Cc2ccccc2)C(=O)NC2CCCC2)S(=O)(=O)c2ccc(C)cc2)c1. The molecule has 9 nitrogen and oxygen atoms in total. The predicted molar refractivity (Wildman–Crippen MR) is 187 cm³/mol. The molecule has 1 aliphatic rings. The summed E-state index contributed by atoms with van der Waals surface area (Å²) in [5, 5.41) is 3.12. The molecule has 0 bridgehead atoms. The minimum absolute atomic E-state index is 0.0451. The maximum absolute atomic E-state index is 15.2. The van der Waals surface area contributed by atoms with Crippen molar-refractivity contribution in [3.63, 3.8) is 0 Å². The van der Waals surface area contributed by atoms with Crippen molar-refractivity contribution in [3.8, 4) is 11.5 Å². The molecular weight excluding hydrogens is 645 g/mol. The molecule has 11 heteroatoms. The summed E-state index contributed by atoms with van der Waals surface area (Å²) in [7, 11) is -1.54. The number of hydrogen-bond donors (Lipinski definition) is 1. The topological polar surface area (TPSA) is 105 Å². The molecule has 5 rings (SSSR count). The van der Waals surface area contributed by atoms with E-state index in [1.54, 1.807) is 42.5 Å². The second-order valence-electron chi connectivity index (χ2n) is 12.2. The van der Waals surface area contributed by atoms with Gasteiger partial charge in [-0.1, -0.05) is 79.1 Å². The van der Waals surface area contributed by atoms with E-state index < -0.39 is 34.3 Å². The Morgan fingerprint density at radius 3 is 2.22 bits per heavy atom. The van der Waals surface area contributed by atoms with Crippen LogP contribution in [0, 0.1) is 12.7 Å². The third kappa shape index (κ3) is 8.58. The number of carbonyl (C=O) groups is 2. The summed E-state index contributed by atoms with van der Waals surface area (Å²) in [5.74, 6) is -1.11. The van der Waals surface area contributed by atoms with Gasteiger partial charge in [0.1, 0.15) is 29.9 Å². The van der Waals surface area contributed by atoms with Crippen molar-refractivity contribution in [2.75, 3.05) is 25.1 Å². The Morgan fingerprint density at radius 2 is 1.57 bits per heavy atom. The van der Waals surface area contributed by atoms with Crippen molar-refractivity contribution in [2.45, 2.75) is 62.6 Å². The van der Waals surface area contributed by atoms with Gasteiger partial charge in [0, 0.05) is 30.6 Å². The van der Waals surface area contributed by atoms with Crippen LogP contribution in [0.2, 0.25) is 0 Å². The smallest absolute Gasteiger partial charge is 0.264 e. The van der Waals surface area contributed by atoms with Gasteiger partial charge >= 0.3 is 0 Å². The summed E-state index contributed by atoms with van der Waals surface area (Å²) in [6, 6.07) is 25.1. The van der Waals surface area contributed by atoms with E-state index in [1.165, 1.54) is 43.4 Å². The van der Waals surface area contributed by atoms with Crippen LogP contribution in [0.1, 0.15) is 42.4 Å². The van der Waals surface area contributed by atoms with E-state index in [4.69, 9.17) is 9.47 Å². The van der Waals surface area contributed by atoms with Crippen LogP contribution in [0.5, 0.6) is 11.5 Å². The lowest BCUT2D eigenvalue weighted by atomic mass is 10.0. The average molecular weight is 688 g/mol. The molecule has 1 unspecified atom stereocenters. The van der Waals surface area contributed by atoms with Gasteiger partial charge in [-0.25, -0.2) is 12.8 Å². The molecule has 4 aromatic carbocycles. The molecular formula is C38H42FN3O6S. The lowest BCUT2D eigenvalue weighted by Crippen LogP contribution is -2.54. The second kappa shape index (κ2) is 16.0. The molecule has 0 aromatic heterocycles. The van der Waals surface area contributed by atoms with Crippen molar-refractivity contribution < 1.29 is 31.9 Å². The third-order valence-corrected chi connectivity index (χ3v) is 10.6. The zero-order valence-electron chi connectivity index (χ0n) is 28.0. The highest BCUT2D eigenvalue weighted by Crippen LogP contribution is 2.36. The van der Waals surface area contributed by atoms with Crippen LogP contribution in [0.4, 0.5) is 10.1 Å². The zero-order chi connectivity index (χ0) is 35.0. The van der Waals surface area contributed by atoms with E-state index in [-0.39, 0.29) is 46.8 Å². The number of halogens is 1. The second-order valence-corrected chi connectivity index (χ2v) is 14.0. The van der Waals surface area contributed by atoms with Crippen LogP contribution in [-0.4, -0.2) is 58.0 Å². The van der Waals surface area contributed by atoms with E-state index in [0.29, 0.717) is 5.75 Å². The maximum atomic E-state index is 15.2. The van der Waals surface area contributed by atoms with E-state index in [9.17, 15) is 18.0 Å². The van der Waals surface area contributed by atoms with Gasteiger partial charge in [0.2, 0.25) is 11.8 Å². The molecule has 2 amide bonds. The van der Waals surface area contributed by atoms with Gasteiger partial charge < -0.3 is 19.7 Å². The van der Waals surface area contributed by atoms with Crippen LogP contribution in [0.15, 0.2) is 102 Å². The first-order valence-electron chi connectivity index (χ1n) is 16.3. The standard InChI is InChI=1S/C38H42FN3O6S/c1-27-17-20-32(21-18-27)49(45,46)42(34-24-31(47-2)19-22-36(34)48-3)26-37(43)41(25-29-13-7-10-16-33(29)39)35(23-28-11-5-4-6-12-28)38(44)40-30-14-8-9-15-30/h4-7,10-13,16-22,24,30,35H,8-9,14-15,23,25-26H2,1-3H3,(H,40,44). The molecule has 1 N–H and O–H groups in total. The van der Waals surface area contributed by atoms with Crippen molar-refractivity contribution in [2.24, 2.45) is 0 Å². The number of amides is 2. The van der Waals surface area contributed by atoms with Crippen molar-refractivity contribution >= 4 is 27.5 Å². The summed E-state index contributed by atoms with van der Waals surface area (Å²) in [6.45, 7) is 0.859. The van der Waals surface area contributed by atoms with Gasteiger partial charge in [-0.05, 0) is 55.7 Å². The minimum Gasteiger partial charge on any atom is -0.497 e. The molecule has 1 aliphatic carbocycles. The quantitative estimate of drug-likeness (QED) is 0.173. The number of anilines is 1. The van der Waals surface area contributed by atoms with Gasteiger partial charge in [0.25, 0.3) is 10.0 Å². The molecule has 49 heavy (non-hydrogen) atoms. The number of ether oxygens (including phenoxy) is 2. The largest absolute Gasteiger partial charge is 0.497 e. The summed E-state index contributed by atoms with van der Waals surface area (Å²) in [5.41, 5.74) is 1.90. The average Bonchev–Trinajstić information content (AvgIpc) is 3.62. The van der Waals surface area contributed by atoms with E-state index in [2.05, 4.69) is 5.32 Å². The number of sulfonamides is 1. The normalized spacial score (nSPS) is 13.8. The number of nitrogens with zero attached hydrogens (tertiary/aromatic N) is 2. The van der Waals surface area contributed by atoms with Gasteiger partial charge in [0.15, 0.2) is 0 Å². The third-order valence-electron chi connectivity index (χ3n) is 8.81. The highest BCUT2D eigenvalue weighted by Gasteiger charge is 2.37. The summed E-state index contributed by atoms with van der Waals surface area (Å²) < 4.78 is 56.0. The van der Waals surface area contributed by atoms with Gasteiger partial charge in [-0.15, -0.1) is 0 Å². The van der Waals surface area contributed by atoms with Crippen LogP contribution in [0.25, 0.3) is 0 Å². The zero-order valence-corrected chi connectivity index (χ0v) is 28.8. The Morgan fingerprint density at radius 1 is 0.898 bits per heavy atom. The lowest BCUT2D eigenvalue weighted by molar-refractivity contribution is -0.140. The molecule has 1 fully saturated rings. The molecule has 1 atom stereocenters. The van der Waals surface area contributed by atoms with Gasteiger partial charge in [-0.2, -0.15) is 0 Å². The number of rotatable bonds is 14. The van der Waals surface area contributed by atoms with Crippen LogP contribution in [0.3, 0.4) is 0 Å². The Balaban J connectivity index is 1.62. The highest BCUT2D eigenvalue weighted by molar-refractivity contribution is 7.92. The number of nitrogens with one attached hydrogen (secondary N) is 1. The van der Waals surface area contributed by atoms with Crippen LogP contribution < -0.4 is 19.1 Å². The van der Waals surface area contributed by atoms with E-state index in [1.807, 2.05) is 37.3 Å². The summed E-state index contributed by atoms with van der Waals surface area (Å²) in [6.07, 6.45) is 3.75. The van der Waals surface area contributed by atoms with Crippen molar-refractivity contribution in [1.82, 2.24) is 10.2 Å². The number of methoxy groups -OCH3 is 2. The summed E-state index contributed by atoms with van der Waals surface area (Å²) in [4.78, 5) is 30.1. The van der Waals surface area contributed by atoms with Crippen LogP contribution in [-0.2, 0) is 32.6 Å².